The number of rotatable bonds is 2. The SMILES string of the molecule is CN1CCC(c2cccc(C3(N)CCC3)c2)CC1. The Bertz CT molecular complexity index is 415. The van der Waals surface area contributed by atoms with E-state index < -0.39 is 0 Å². The van der Waals surface area contributed by atoms with Gasteiger partial charge in [-0.3, -0.25) is 0 Å². The van der Waals surface area contributed by atoms with Crippen molar-refractivity contribution in [1.29, 1.82) is 0 Å². The Labute approximate surface area is 110 Å². The first kappa shape index (κ1) is 12.2. The molecule has 2 heteroatoms. The van der Waals surface area contributed by atoms with Crippen LogP contribution in [0.5, 0.6) is 0 Å². The predicted molar refractivity (Wildman–Crippen MR) is 75.6 cm³/mol. The third-order valence-corrected chi connectivity index (χ3v) is 4.90. The van der Waals surface area contributed by atoms with E-state index in [2.05, 4.69) is 36.2 Å². The highest BCUT2D eigenvalue weighted by molar-refractivity contribution is 5.33. The second kappa shape index (κ2) is 4.67. The molecule has 0 unspecified atom stereocenters. The topological polar surface area (TPSA) is 29.3 Å². The third-order valence-electron chi connectivity index (χ3n) is 4.90. The summed E-state index contributed by atoms with van der Waals surface area (Å²) in [5, 5.41) is 0. The maximum Gasteiger partial charge on any atom is 0.0409 e. The van der Waals surface area contributed by atoms with Gasteiger partial charge >= 0.3 is 0 Å². The molecule has 1 aromatic carbocycles. The Kier molecular flexibility index (Phi) is 3.16. The average molecular weight is 244 g/mol. The zero-order valence-electron chi connectivity index (χ0n) is 11.4. The lowest BCUT2D eigenvalue weighted by atomic mass is 9.72. The highest BCUT2D eigenvalue weighted by atomic mass is 15.1. The number of hydrogen-bond donors (Lipinski definition) is 1. The van der Waals surface area contributed by atoms with Crippen molar-refractivity contribution in [1.82, 2.24) is 4.90 Å². The molecule has 1 saturated carbocycles. The summed E-state index contributed by atoms with van der Waals surface area (Å²) < 4.78 is 0. The van der Waals surface area contributed by atoms with Crippen LogP contribution in [0.1, 0.15) is 49.1 Å². The highest BCUT2D eigenvalue weighted by Crippen LogP contribution is 2.40. The molecular formula is C16H24N2. The molecule has 0 amide bonds. The molecule has 1 saturated heterocycles. The molecule has 0 bridgehead atoms. The predicted octanol–water partition coefficient (Wildman–Crippen LogP) is 2.83. The van der Waals surface area contributed by atoms with Crippen molar-refractivity contribution in [3.63, 3.8) is 0 Å². The van der Waals surface area contributed by atoms with Gasteiger partial charge in [-0.25, -0.2) is 0 Å². The van der Waals surface area contributed by atoms with Crippen LogP contribution in [0, 0.1) is 0 Å². The first-order chi connectivity index (χ1) is 8.67. The van der Waals surface area contributed by atoms with Gasteiger partial charge in [0.05, 0.1) is 0 Å². The number of nitrogens with zero attached hydrogens (tertiary/aromatic N) is 1. The van der Waals surface area contributed by atoms with E-state index in [9.17, 15) is 0 Å². The van der Waals surface area contributed by atoms with Crippen LogP contribution in [-0.2, 0) is 5.54 Å². The molecule has 1 aliphatic heterocycles. The maximum atomic E-state index is 6.44. The van der Waals surface area contributed by atoms with Gasteiger partial charge in [0, 0.05) is 5.54 Å². The quantitative estimate of drug-likeness (QED) is 0.867. The van der Waals surface area contributed by atoms with E-state index in [-0.39, 0.29) is 5.54 Å². The lowest BCUT2D eigenvalue weighted by Gasteiger charge is -2.39. The van der Waals surface area contributed by atoms with Crippen molar-refractivity contribution in [2.24, 2.45) is 5.73 Å². The monoisotopic (exact) mass is 244 g/mol. The lowest BCUT2D eigenvalue weighted by molar-refractivity contribution is 0.249. The molecular weight excluding hydrogens is 220 g/mol. The molecule has 2 fully saturated rings. The van der Waals surface area contributed by atoms with Gasteiger partial charge in [-0.15, -0.1) is 0 Å². The highest BCUT2D eigenvalue weighted by Gasteiger charge is 2.34. The number of piperidine rings is 1. The molecule has 0 spiro atoms. The van der Waals surface area contributed by atoms with Gasteiger partial charge in [-0.2, -0.15) is 0 Å². The average Bonchev–Trinajstić information content (AvgIpc) is 2.37. The molecule has 2 N–H and O–H groups in total. The van der Waals surface area contributed by atoms with Crippen molar-refractivity contribution in [2.75, 3.05) is 20.1 Å². The Morgan fingerprint density at radius 2 is 1.94 bits per heavy atom. The lowest BCUT2D eigenvalue weighted by Crippen LogP contribution is -2.43. The van der Waals surface area contributed by atoms with E-state index in [4.69, 9.17) is 5.73 Å². The number of benzene rings is 1. The molecule has 1 heterocycles. The van der Waals surface area contributed by atoms with E-state index in [0.29, 0.717) is 0 Å². The maximum absolute atomic E-state index is 6.44. The standard InChI is InChI=1S/C16H24N2/c1-18-10-6-13(7-11-18)14-4-2-5-15(12-14)16(17)8-3-9-16/h2,4-5,12-13H,3,6-11,17H2,1H3. The molecule has 3 rings (SSSR count). The van der Waals surface area contributed by atoms with Crippen LogP contribution < -0.4 is 5.73 Å². The molecule has 0 radical (unpaired) electrons. The first-order valence-corrected chi connectivity index (χ1v) is 7.25. The minimum atomic E-state index is -0.0124. The Hall–Kier alpha value is -0.860. The number of likely N-dealkylation sites (tertiary alicyclic amines) is 1. The fraction of sp³-hybridized carbons (Fsp3) is 0.625. The summed E-state index contributed by atoms with van der Waals surface area (Å²) in [6.45, 7) is 2.45. The van der Waals surface area contributed by atoms with Crippen LogP contribution in [0.25, 0.3) is 0 Å². The Morgan fingerprint density at radius 3 is 2.56 bits per heavy atom. The van der Waals surface area contributed by atoms with Gasteiger partial charge in [0.2, 0.25) is 0 Å². The largest absolute Gasteiger partial charge is 0.321 e. The van der Waals surface area contributed by atoms with Gasteiger partial charge in [-0.05, 0) is 69.3 Å². The molecule has 18 heavy (non-hydrogen) atoms. The van der Waals surface area contributed by atoms with E-state index in [1.165, 1.54) is 43.5 Å². The van der Waals surface area contributed by atoms with Gasteiger partial charge in [0.15, 0.2) is 0 Å². The molecule has 98 valence electrons. The summed E-state index contributed by atoms with van der Waals surface area (Å²) in [6, 6.07) is 9.10. The molecule has 0 aromatic heterocycles. The zero-order valence-corrected chi connectivity index (χ0v) is 11.4. The minimum Gasteiger partial charge on any atom is -0.321 e. The Balaban J connectivity index is 1.78. The van der Waals surface area contributed by atoms with Crippen LogP contribution in [0.3, 0.4) is 0 Å². The van der Waals surface area contributed by atoms with E-state index in [1.54, 1.807) is 0 Å². The first-order valence-electron chi connectivity index (χ1n) is 7.25. The summed E-state index contributed by atoms with van der Waals surface area (Å²) in [5.41, 5.74) is 9.30. The molecule has 2 nitrogen and oxygen atoms in total. The molecule has 2 aliphatic rings. The fourth-order valence-corrected chi connectivity index (χ4v) is 3.29. The zero-order chi connectivity index (χ0) is 12.6. The smallest absolute Gasteiger partial charge is 0.0409 e. The van der Waals surface area contributed by atoms with Gasteiger partial charge in [0.1, 0.15) is 0 Å². The van der Waals surface area contributed by atoms with Crippen LogP contribution in [0.15, 0.2) is 24.3 Å². The van der Waals surface area contributed by atoms with Crippen molar-refractivity contribution < 1.29 is 0 Å². The van der Waals surface area contributed by atoms with Crippen molar-refractivity contribution in [3.8, 4) is 0 Å². The van der Waals surface area contributed by atoms with Crippen LogP contribution in [-0.4, -0.2) is 25.0 Å². The third kappa shape index (κ3) is 2.19. The van der Waals surface area contributed by atoms with E-state index >= 15 is 0 Å². The second-order valence-corrected chi connectivity index (χ2v) is 6.21. The number of nitrogens with two attached hydrogens (primary N) is 1. The summed E-state index contributed by atoms with van der Waals surface area (Å²) in [6.07, 6.45) is 6.18. The summed E-state index contributed by atoms with van der Waals surface area (Å²) >= 11 is 0. The van der Waals surface area contributed by atoms with Crippen molar-refractivity contribution in [3.05, 3.63) is 35.4 Å². The molecule has 1 aliphatic carbocycles. The van der Waals surface area contributed by atoms with E-state index in [1.807, 2.05) is 0 Å². The Morgan fingerprint density at radius 1 is 1.22 bits per heavy atom. The summed E-state index contributed by atoms with van der Waals surface area (Å²) in [7, 11) is 2.22. The van der Waals surface area contributed by atoms with Crippen LogP contribution >= 0.6 is 0 Å². The van der Waals surface area contributed by atoms with E-state index in [0.717, 1.165) is 18.8 Å². The van der Waals surface area contributed by atoms with Gasteiger partial charge in [0.25, 0.3) is 0 Å². The van der Waals surface area contributed by atoms with Crippen molar-refractivity contribution >= 4 is 0 Å². The summed E-state index contributed by atoms with van der Waals surface area (Å²) in [5.74, 6) is 0.741. The summed E-state index contributed by atoms with van der Waals surface area (Å²) in [4.78, 5) is 2.43. The normalized spacial score (nSPS) is 24.8. The molecule has 0 atom stereocenters. The molecule has 1 aromatic rings. The fourth-order valence-electron chi connectivity index (χ4n) is 3.29. The second-order valence-electron chi connectivity index (χ2n) is 6.21. The minimum absolute atomic E-state index is 0.0124. The van der Waals surface area contributed by atoms with Crippen LogP contribution in [0.2, 0.25) is 0 Å². The van der Waals surface area contributed by atoms with Gasteiger partial charge < -0.3 is 10.6 Å². The number of hydrogen-bond acceptors (Lipinski definition) is 2. The van der Waals surface area contributed by atoms with Gasteiger partial charge in [-0.1, -0.05) is 24.3 Å². The van der Waals surface area contributed by atoms with Crippen molar-refractivity contribution in [2.45, 2.75) is 43.6 Å². The van der Waals surface area contributed by atoms with Crippen LogP contribution in [0.4, 0.5) is 0 Å².